The van der Waals surface area contributed by atoms with Crippen LogP contribution in [0.3, 0.4) is 0 Å². The van der Waals surface area contributed by atoms with E-state index in [9.17, 15) is 9.90 Å². The zero-order chi connectivity index (χ0) is 11.9. The number of phenols is 1. The number of ether oxygens (including phenoxy) is 2. The molecule has 0 spiro atoms. The first-order chi connectivity index (χ1) is 7.54. The number of hydrogen-bond donors (Lipinski definition) is 1. The lowest BCUT2D eigenvalue weighted by atomic mass is 9.98. The van der Waals surface area contributed by atoms with Gasteiger partial charge in [0.25, 0.3) is 0 Å². The molecule has 1 heterocycles. The Morgan fingerprint density at radius 2 is 2.31 bits per heavy atom. The maximum absolute atomic E-state index is 11.6. The van der Waals surface area contributed by atoms with Crippen LogP contribution in [0.5, 0.6) is 11.5 Å². The van der Waals surface area contributed by atoms with Crippen molar-refractivity contribution < 1.29 is 19.4 Å². The van der Waals surface area contributed by atoms with E-state index < -0.39 is 5.97 Å². The summed E-state index contributed by atoms with van der Waals surface area (Å²) in [7, 11) is 1.46. The minimum Gasteiger partial charge on any atom is -0.505 e. The van der Waals surface area contributed by atoms with Gasteiger partial charge in [0.1, 0.15) is 22.4 Å². The van der Waals surface area contributed by atoms with Crippen LogP contribution >= 0.6 is 11.6 Å². The van der Waals surface area contributed by atoms with Crippen LogP contribution in [0.15, 0.2) is 6.07 Å². The first-order valence-electron chi connectivity index (χ1n) is 4.84. The molecule has 0 saturated carbocycles. The lowest BCUT2D eigenvalue weighted by Crippen LogP contribution is -2.25. The summed E-state index contributed by atoms with van der Waals surface area (Å²) in [4.78, 5) is 11.6. The van der Waals surface area contributed by atoms with Crippen molar-refractivity contribution in [1.82, 2.24) is 0 Å². The van der Waals surface area contributed by atoms with Gasteiger partial charge in [0, 0.05) is 6.42 Å². The predicted molar refractivity (Wildman–Crippen MR) is 58.3 cm³/mol. The molecule has 0 amide bonds. The number of carbonyl (C=O) groups is 1. The molecule has 1 N–H and O–H groups in total. The van der Waals surface area contributed by atoms with Crippen molar-refractivity contribution in [2.45, 2.75) is 19.4 Å². The molecule has 1 aliphatic heterocycles. The van der Waals surface area contributed by atoms with Crippen molar-refractivity contribution in [3.63, 3.8) is 0 Å². The number of rotatable bonds is 1. The van der Waals surface area contributed by atoms with Crippen LogP contribution < -0.4 is 4.74 Å². The van der Waals surface area contributed by atoms with Gasteiger partial charge < -0.3 is 14.6 Å². The summed E-state index contributed by atoms with van der Waals surface area (Å²) < 4.78 is 10.0. The predicted octanol–water partition coefficient (Wildman–Crippen LogP) is 2.16. The smallest absolute Gasteiger partial charge is 0.342 e. The summed E-state index contributed by atoms with van der Waals surface area (Å²) >= 11 is 5.85. The van der Waals surface area contributed by atoms with E-state index in [1.807, 2.05) is 0 Å². The van der Waals surface area contributed by atoms with Gasteiger partial charge in [-0.1, -0.05) is 11.6 Å². The number of fused-ring (bicyclic) bond motifs is 1. The molecule has 0 aliphatic carbocycles. The van der Waals surface area contributed by atoms with Gasteiger partial charge in [0.15, 0.2) is 5.75 Å². The van der Waals surface area contributed by atoms with Crippen LogP contribution in [0.4, 0.5) is 0 Å². The quantitative estimate of drug-likeness (QED) is 0.767. The fourth-order valence-corrected chi connectivity index (χ4v) is 2.03. The molecular formula is C11H11ClO4. The Morgan fingerprint density at radius 3 is 2.94 bits per heavy atom. The molecule has 1 atom stereocenters. The summed E-state index contributed by atoms with van der Waals surface area (Å²) in [6, 6.07) is 1.66. The third kappa shape index (κ3) is 1.59. The Morgan fingerprint density at radius 1 is 1.62 bits per heavy atom. The van der Waals surface area contributed by atoms with Gasteiger partial charge >= 0.3 is 5.97 Å². The Bertz CT molecular complexity index is 456. The van der Waals surface area contributed by atoms with Gasteiger partial charge in [0.2, 0.25) is 0 Å². The molecule has 4 nitrogen and oxygen atoms in total. The summed E-state index contributed by atoms with van der Waals surface area (Å²) in [6.07, 6.45) is 0.340. The lowest BCUT2D eigenvalue weighted by molar-refractivity contribution is 0.0297. The molecule has 86 valence electrons. The summed E-state index contributed by atoms with van der Waals surface area (Å²) in [5.41, 5.74) is 0.839. The summed E-state index contributed by atoms with van der Waals surface area (Å²) in [5.74, 6) is -0.455. The highest BCUT2D eigenvalue weighted by Gasteiger charge is 2.29. The molecule has 2 rings (SSSR count). The highest BCUT2D eigenvalue weighted by Crippen LogP contribution is 2.40. The number of aromatic hydroxyl groups is 1. The Balaban J connectivity index is 2.63. The van der Waals surface area contributed by atoms with Crippen molar-refractivity contribution in [3.8, 4) is 11.5 Å². The van der Waals surface area contributed by atoms with Gasteiger partial charge in [-0.05, 0) is 18.6 Å². The largest absolute Gasteiger partial charge is 0.505 e. The number of esters is 1. The van der Waals surface area contributed by atoms with Gasteiger partial charge in [0.05, 0.1) is 7.11 Å². The Kier molecular flexibility index (Phi) is 2.68. The summed E-state index contributed by atoms with van der Waals surface area (Å²) in [5, 5.41) is 9.83. The first-order valence-corrected chi connectivity index (χ1v) is 5.21. The normalized spacial score (nSPS) is 18.9. The fraction of sp³-hybridized carbons (Fsp3) is 0.364. The topological polar surface area (TPSA) is 55.8 Å². The molecule has 1 aromatic rings. The zero-order valence-electron chi connectivity index (χ0n) is 8.91. The number of phenolic OH excluding ortho intramolecular Hbond substituents is 1. The number of methoxy groups -OCH3 is 1. The molecule has 0 unspecified atom stereocenters. The van der Waals surface area contributed by atoms with E-state index >= 15 is 0 Å². The van der Waals surface area contributed by atoms with E-state index in [1.54, 1.807) is 13.0 Å². The van der Waals surface area contributed by atoms with Crippen molar-refractivity contribution in [1.29, 1.82) is 0 Å². The minimum atomic E-state index is -0.546. The number of hydrogen-bond acceptors (Lipinski definition) is 4. The lowest BCUT2D eigenvalue weighted by Gasteiger charge is -2.23. The molecule has 0 bridgehead atoms. The molecular weight excluding hydrogens is 232 g/mol. The van der Waals surface area contributed by atoms with Crippen LogP contribution in [-0.4, -0.2) is 24.3 Å². The average molecular weight is 243 g/mol. The second kappa shape index (κ2) is 3.87. The maximum atomic E-state index is 11.6. The minimum absolute atomic E-state index is 0.0350. The van der Waals surface area contributed by atoms with E-state index in [-0.39, 0.29) is 22.4 Å². The number of carbonyl (C=O) groups excluding carboxylic acids is 1. The fourth-order valence-electron chi connectivity index (χ4n) is 1.80. The van der Waals surface area contributed by atoms with Gasteiger partial charge in [-0.2, -0.15) is 0 Å². The molecule has 16 heavy (non-hydrogen) atoms. The van der Waals surface area contributed by atoms with Gasteiger partial charge in [-0.3, -0.25) is 0 Å². The Labute approximate surface area is 97.7 Å². The number of cyclic esters (lactones) is 1. The molecule has 5 heteroatoms. The third-order valence-corrected chi connectivity index (χ3v) is 2.89. The second-order valence-electron chi connectivity index (χ2n) is 3.70. The van der Waals surface area contributed by atoms with Crippen LogP contribution in [0.25, 0.3) is 0 Å². The average Bonchev–Trinajstić information content (AvgIpc) is 2.22. The number of halogens is 1. The zero-order valence-corrected chi connectivity index (χ0v) is 9.67. The van der Waals surface area contributed by atoms with Crippen molar-refractivity contribution in [3.05, 3.63) is 22.2 Å². The number of benzene rings is 1. The molecule has 0 radical (unpaired) electrons. The second-order valence-corrected chi connectivity index (χ2v) is 4.07. The van der Waals surface area contributed by atoms with Crippen LogP contribution in [0, 0.1) is 0 Å². The third-order valence-electron chi connectivity index (χ3n) is 2.53. The standard InChI is InChI=1S/C11H11ClO4/c1-5-3-6-4-7(15-2)9(12)10(13)8(6)11(14)16-5/h4-5,13H,3H2,1-2H3/t5-/m1/s1. The SMILES string of the molecule is COc1cc2c(c(O)c1Cl)C(=O)O[C@H](C)C2. The monoisotopic (exact) mass is 242 g/mol. The first kappa shape index (κ1) is 11.1. The summed E-state index contributed by atoms with van der Waals surface area (Å²) in [6.45, 7) is 1.79. The van der Waals surface area contributed by atoms with E-state index in [0.717, 1.165) is 0 Å². The van der Waals surface area contributed by atoms with E-state index in [1.165, 1.54) is 7.11 Å². The van der Waals surface area contributed by atoms with Crippen molar-refractivity contribution in [2.24, 2.45) is 0 Å². The van der Waals surface area contributed by atoms with Crippen LogP contribution in [0.1, 0.15) is 22.8 Å². The highest BCUT2D eigenvalue weighted by molar-refractivity contribution is 6.34. The van der Waals surface area contributed by atoms with E-state index in [2.05, 4.69) is 0 Å². The molecule has 0 saturated heterocycles. The van der Waals surface area contributed by atoms with E-state index in [4.69, 9.17) is 21.1 Å². The van der Waals surface area contributed by atoms with Crippen LogP contribution in [-0.2, 0) is 11.2 Å². The van der Waals surface area contributed by atoms with Gasteiger partial charge in [-0.25, -0.2) is 4.79 Å². The van der Waals surface area contributed by atoms with Crippen LogP contribution in [0.2, 0.25) is 5.02 Å². The molecule has 0 aromatic heterocycles. The highest BCUT2D eigenvalue weighted by atomic mass is 35.5. The van der Waals surface area contributed by atoms with Crippen molar-refractivity contribution >= 4 is 17.6 Å². The molecule has 1 aromatic carbocycles. The van der Waals surface area contributed by atoms with Crippen molar-refractivity contribution in [2.75, 3.05) is 7.11 Å². The molecule has 0 fully saturated rings. The molecule has 1 aliphatic rings. The van der Waals surface area contributed by atoms with Gasteiger partial charge in [-0.15, -0.1) is 0 Å². The Hall–Kier alpha value is -1.42. The van der Waals surface area contributed by atoms with E-state index in [0.29, 0.717) is 17.7 Å². The maximum Gasteiger partial charge on any atom is 0.342 e.